The number of halogens is 2. The van der Waals surface area contributed by atoms with Gasteiger partial charge in [-0.2, -0.15) is 0 Å². The minimum absolute atomic E-state index is 0.0355. The molecule has 1 aromatic heterocycles. The van der Waals surface area contributed by atoms with Crippen LogP contribution in [0, 0.1) is 11.6 Å². The van der Waals surface area contributed by atoms with E-state index in [1.165, 1.54) is 0 Å². The average Bonchev–Trinajstić information content (AvgIpc) is 2.96. The first-order valence-electron chi connectivity index (χ1n) is 7.35. The molecule has 1 N–H and O–H groups in total. The zero-order chi connectivity index (χ0) is 16.4. The Morgan fingerprint density at radius 2 is 2.26 bits per heavy atom. The predicted molar refractivity (Wildman–Crippen MR) is 77.5 cm³/mol. The zero-order valence-electron chi connectivity index (χ0n) is 12.7. The molecule has 6 nitrogen and oxygen atoms in total. The lowest BCUT2D eigenvalue weighted by atomic mass is 10.1. The van der Waals surface area contributed by atoms with Gasteiger partial charge in [0.1, 0.15) is 24.1 Å². The lowest BCUT2D eigenvalue weighted by Gasteiger charge is -2.33. The van der Waals surface area contributed by atoms with Crippen LogP contribution in [0.25, 0.3) is 0 Å². The number of hydrogen-bond acceptors (Lipinski definition) is 5. The van der Waals surface area contributed by atoms with Gasteiger partial charge in [0.25, 0.3) is 0 Å². The molecule has 2 atom stereocenters. The molecule has 0 unspecified atom stereocenters. The van der Waals surface area contributed by atoms with E-state index in [1.54, 1.807) is 10.9 Å². The highest BCUT2D eigenvalue weighted by molar-refractivity contribution is 5.21. The van der Waals surface area contributed by atoms with E-state index in [0.717, 1.165) is 18.2 Å². The number of nitrogens with zero attached hydrogens (tertiary/aromatic N) is 4. The summed E-state index contributed by atoms with van der Waals surface area (Å²) in [6.45, 7) is 1.76. The Morgan fingerprint density at radius 1 is 1.43 bits per heavy atom. The van der Waals surface area contributed by atoms with E-state index in [-0.39, 0.29) is 18.2 Å². The van der Waals surface area contributed by atoms with Gasteiger partial charge in [-0.25, -0.2) is 8.78 Å². The van der Waals surface area contributed by atoms with Crippen molar-refractivity contribution < 1.29 is 18.6 Å². The Hall–Kier alpha value is -1.90. The van der Waals surface area contributed by atoms with Crippen molar-refractivity contribution in [2.45, 2.75) is 12.2 Å². The van der Waals surface area contributed by atoms with Gasteiger partial charge in [0.05, 0.1) is 12.7 Å². The van der Waals surface area contributed by atoms with Gasteiger partial charge < -0.3 is 14.4 Å². The second-order valence-electron chi connectivity index (χ2n) is 5.60. The third-order valence-electron chi connectivity index (χ3n) is 3.93. The first-order chi connectivity index (χ1) is 11.0. The van der Waals surface area contributed by atoms with E-state index in [9.17, 15) is 13.9 Å². The van der Waals surface area contributed by atoms with E-state index >= 15 is 0 Å². The highest BCUT2D eigenvalue weighted by Gasteiger charge is 2.27. The molecular weight excluding hydrogens is 306 g/mol. The molecule has 1 saturated heterocycles. The largest absolute Gasteiger partial charge is 0.387 e. The van der Waals surface area contributed by atoms with Crippen LogP contribution in [-0.2, 0) is 11.8 Å². The van der Waals surface area contributed by atoms with Crippen LogP contribution >= 0.6 is 0 Å². The van der Waals surface area contributed by atoms with Gasteiger partial charge in [0.15, 0.2) is 5.82 Å². The van der Waals surface area contributed by atoms with Crippen molar-refractivity contribution in [3.05, 3.63) is 47.5 Å². The number of rotatable bonds is 4. The summed E-state index contributed by atoms with van der Waals surface area (Å²) < 4.78 is 34.4. The fourth-order valence-electron chi connectivity index (χ4n) is 2.72. The molecule has 1 aliphatic rings. The molecule has 2 aromatic rings. The number of aliphatic hydroxyl groups excluding tert-OH is 1. The average molecular weight is 324 g/mol. The van der Waals surface area contributed by atoms with Crippen LogP contribution in [-0.4, -0.2) is 51.0 Å². The minimum Gasteiger partial charge on any atom is -0.387 e. The van der Waals surface area contributed by atoms with Gasteiger partial charge in [0.2, 0.25) is 0 Å². The summed E-state index contributed by atoms with van der Waals surface area (Å²) in [6, 6.07) is 3.08. The number of ether oxygens (including phenoxy) is 1. The zero-order valence-corrected chi connectivity index (χ0v) is 12.7. The van der Waals surface area contributed by atoms with E-state index in [1.807, 2.05) is 11.9 Å². The summed E-state index contributed by atoms with van der Waals surface area (Å²) in [6.07, 6.45) is 0.221. The third kappa shape index (κ3) is 3.54. The molecule has 1 fully saturated rings. The van der Waals surface area contributed by atoms with Crippen molar-refractivity contribution >= 4 is 0 Å². The molecule has 1 aromatic carbocycles. The predicted octanol–water partition coefficient (Wildman–Crippen LogP) is 1.20. The third-order valence-corrected chi connectivity index (χ3v) is 3.93. The number of morpholine rings is 1. The van der Waals surface area contributed by atoms with Crippen molar-refractivity contribution in [3.8, 4) is 0 Å². The summed E-state index contributed by atoms with van der Waals surface area (Å²) in [5, 5.41) is 18.1. The molecule has 1 aliphatic heterocycles. The van der Waals surface area contributed by atoms with Crippen molar-refractivity contribution in [2.75, 3.05) is 26.2 Å². The van der Waals surface area contributed by atoms with Crippen LogP contribution in [0.4, 0.5) is 8.78 Å². The number of benzene rings is 1. The first-order valence-corrected chi connectivity index (χ1v) is 7.35. The molecule has 0 saturated carbocycles. The lowest BCUT2D eigenvalue weighted by Crippen LogP contribution is -2.41. The van der Waals surface area contributed by atoms with E-state index in [4.69, 9.17) is 4.74 Å². The summed E-state index contributed by atoms with van der Waals surface area (Å²) in [5.74, 6) is -0.488. The number of aliphatic hydroxyl groups is 1. The molecule has 23 heavy (non-hydrogen) atoms. The molecule has 0 amide bonds. The van der Waals surface area contributed by atoms with E-state index in [2.05, 4.69) is 10.2 Å². The molecule has 0 bridgehead atoms. The molecule has 8 heteroatoms. The molecule has 0 spiro atoms. The van der Waals surface area contributed by atoms with Crippen molar-refractivity contribution in [1.82, 2.24) is 19.7 Å². The minimum atomic E-state index is -1.11. The molecule has 2 heterocycles. The maximum absolute atomic E-state index is 13.7. The lowest BCUT2D eigenvalue weighted by molar-refractivity contribution is -0.0476. The van der Waals surface area contributed by atoms with Crippen LogP contribution in [0.1, 0.15) is 23.6 Å². The van der Waals surface area contributed by atoms with Gasteiger partial charge in [-0.05, 0) is 18.2 Å². The summed E-state index contributed by atoms with van der Waals surface area (Å²) in [7, 11) is 1.83. The van der Waals surface area contributed by atoms with Gasteiger partial charge in [-0.15, -0.1) is 10.2 Å². The standard InChI is InChI=1S/C15H18F2N4O2/c1-20-9-18-19-15(20)14-8-21(4-5-23-14)7-13(22)11-6-10(16)2-3-12(11)17/h2-3,6,9,13-14,22H,4-5,7-8H2,1H3/t13-,14+/m1/s1. The van der Waals surface area contributed by atoms with Crippen molar-refractivity contribution in [3.63, 3.8) is 0 Å². The van der Waals surface area contributed by atoms with Gasteiger partial charge in [-0.1, -0.05) is 0 Å². The highest BCUT2D eigenvalue weighted by atomic mass is 19.1. The fourth-order valence-corrected chi connectivity index (χ4v) is 2.72. The van der Waals surface area contributed by atoms with Gasteiger partial charge >= 0.3 is 0 Å². The maximum atomic E-state index is 13.7. The molecule has 0 radical (unpaired) electrons. The van der Waals surface area contributed by atoms with Crippen LogP contribution in [0.5, 0.6) is 0 Å². The quantitative estimate of drug-likeness (QED) is 0.916. The number of aromatic nitrogens is 3. The van der Waals surface area contributed by atoms with Gasteiger partial charge in [-0.3, -0.25) is 4.90 Å². The summed E-state index contributed by atoms with van der Waals surface area (Å²) in [4.78, 5) is 1.94. The number of β-amino-alcohol motifs (C(OH)–C–C–N with tert-alkyl or cyclic N) is 1. The Labute approximate surface area is 132 Å². The van der Waals surface area contributed by atoms with Crippen molar-refractivity contribution in [2.24, 2.45) is 7.05 Å². The normalized spacial score (nSPS) is 20.6. The molecule has 3 rings (SSSR count). The SMILES string of the molecule is Cn1cnnc1[C@@H]1CN(C[C@@H](O)c2cc(F)ccc2F)CCO1. The van der Waals surface area contributed by atoms with Crippen LogP contribution in [0.2, 0.25) is 0 Å². The maximum Gasteiger partial charge on any atom is 0.163 e. The number of aryl methyl sites for hydroxylation is 1. The Kier molecular flexibility index (Phi) is 4.65. The van der Waals surface area contributed by atoms with Crippen LogP contribution in [0.3, 0.4) is 0 Å². The monoisotopic (exact) mass is 324 g/mol. The first kappa shape index (κ1) is 16.0. The van der Waals surface area contributed by atoms with Crippen LogP contribution < -0.4 is 0 Å². The number of hydrogen-bond donors (Lipinski definition) is 1. The fraction of sp³-hybridized carbons (Fsp3) is 0.467. The Bertz CT molecular complexity index is 679. The highest BCUT2D eigenvalue weighted by Crippen LogP contribution is 2.24. The van der Waals surface area contributed by atoms with Gasteiger partial charge in [0, 0.05) is 32.2 Å². The second kappa shape index (κ2) is 6.69. The summed E-state index contributed by atoms with van der Waals surface area (Å²) >= 11 is 0. The Morgan fingerprint density at radius 3 is 3.00 bits per heavy atom. The van der Waals surface area contributed by atoms with E-state index in [0.29, 0.717) is 25.5 Å². The van der Waals surface area contributed by atoms with Crippen molar-refractivity contribution in [1.29, 1.82) is 0 Å². The molecule has 0 aliphatic carbocycles. The van der Waals surface area contributed by atoms with Crippen LogP contribution in [0.15, 0.2) is 24.5 Å². The second-order valence-corrected chi connectivity index (χ2v) is 5.60. The Balaban J connectivity index is 1.68. The molecular formula is C15H18F2N4O2. The smallest absolute Gasteiger partial charge is 0.163 e. The topological polar surface area (TPSA) is 63.4 Å². The molecule has 124 valence electrons. The van der Waals surface area contributed by atoms with E-state index < -0.39 is 17.7 Å². The summed E-state index contributed by atoms with van der Waals surface area (Å²) in [5.41, 5.74) is -0.0355.